The third-order valence-electron chi connectivity index (χ3n) is 3.15. The zero-order chi connectivity index (χ0) is 14.1. The molecule has 0 N–H and O–H groups in total. The van der Waals surface area contributed by atoms with E-state index in [1.54, 1.807) is 23.1 Å². The Kier molecular flexibility index (Phi) is 3.81. The minimum atomic E-state index is -0.375. The van der Waals surface area contributed by atoms with E-state index in [1.165, 1.54) is 17.8 Å². The van der Waals surface area contributed by atoms with E-state index in [-0.39, 0.29) is 17.1 Å². The molecule has 0 saturated carbocycles. The minimum Gasteiger partial charge on any atom is -0.292 e. The van der Waals surface area contributed by atoms with Crippen molar-refractivity contribution < 1.29 is 9.18 Å². The smallest absolute Gasteiger partial charge is 0.238 e. The molecule has 5 heteroatoms. The van der Waals surface area contributed by atoms with Gasteiger partial charge in [-0.3, -0.25) is 9.69 Å². The van der Waals surface area contributed by atoms with Crippen molar-refractivity contribution in [3.63, 3.8) is 0 Å². The summed E-state index contributed by atoms with van der Waals surface area (Å²) in [6.07, 6.45) is 0. The fraction of sp³-hybridized carbons (Fsp3) is 0.133. The van der Waals surface area contributed by atoms with E-state index in [1.807, 2.05) is 24.3 Å². The van der Waals surface area contributed by atoms with Gasteiger partial charge in [-0.2, -0.15) is 0 Å². The van der Waals surface area contributed by atoms with Crippen molar-refractivity contribution >= 4 is 39.3 Å². The lowest BCUT2D eigenvalue weighted by Gasteiger charge is -2.25. The Bertz CT molecular complexity index is 664. The van der Waals surface area contributed by atoms with Gasteiger partial charge in [0.05, 0.1) is 11.4 Å². The third-order valence-corrected chi connectivity index (χ3v) is 5.07. The van der Waals surface area contributed by atoms with Gasteiger partial charge in [0, 0.05) is 4.47 Å². The molecular weight excluding hydrogens is 341 g/mol. The first kappa shape index (κ1) is 13.6. The molecule has 0 spiro atoms. The van der Waals surface area contributed by atoms with Crippen molar-refractivity contribution in [2.45, 2.75) is 5.37 Å². The number of carbonyl (C=O) groups excluding carboxylic acids is 1. The van der Waals surface area contributed by atoms with Gasteiger partial charge in [0.15, 0.2) is 0 Å². The largest absolute Gasteiger partial charge is 0.292 e. The van der Waals surface area contributed by atoms with Crippen LogP contribution in [0.2, 0.25) is 0 Å². The standard InChI is InChI=1S/C15H11BrFNOS/c16-11-6-2-1-5-10(11)15-18(14(19)9-20-15)13-8-4-3-7-12(13)17/h1-8,15H,9H2/t15-/m1/s1. The number of carbonyl (C=O) groups is 1. The Morgan fingerprint density at radius 1 is 1.15 bits per heavy atom. The highest BCUT2D eigenvalue weighted by molar-refractivity contribution is 9.10. The molecule has 1 aliphatic rings. The van der Waals surface area contributed by atoms with E-state index in [0.29, 0.717) is 11.4 Å². The highest BCUT2D eigenvalue weighted by Gasteiger charge is 2.36. The number of amides is 1. The molecule has 0 bridgehead atoms. The second kappa shape index (κ2) is 5.58. The van der Waals surface area contributed by atoms with Crippen LogP contribution in [0.5, 0.6) is 0 Å². The van der Waals surface area contributed by atoms with Crippen molar-refractivity contribution in [2.24, 2.45) is 0 Å². The molecule has 0 radical (unpaired) electrons. The SMILES string of the molecule is O=C1CS[C@H](c2ccccc2Br)N1c1ccccc1F. The lowest BCUT2D eigenvalue weighted by molar-refractivity contribution is -0.115. The molecule has 1 amide bonds. The molecule has 1 fully saturated rings. The van der Waals surface area contributed by atoms with Crippen LogP contribution < -0.4 is 4.90 Å². The second-order valence-corrected chi connectivity index (χ2v) is 6.32. The van der Waals surface area contributed by atoms with Crippen LogP contribution in [0.25, 0.3) is 0 Å². The van der Waals surface area contributed by atoms with Crippen molar-refractivity contribution in [3.8, 4) is 0 Å². The molecule has 20 heavy (non-hydrogen) atoms. The number of halogens is 2. The lowest BCUT2D eigenvalue weighted by atomic mass is 10.2. The summed E-state index contributed by atoms with van der Waals surface area (Å²) in [6, 6.07) is 14.1. The summed E-state index contributed by atoms with van der Waals surface area (Å²) in [5.74, 6) is -0.0818. The molecule has 0 unspecified atom stereocenters. The van der Waals surface area contributed by atoms with Gasteiger partial charge in [0.1, 0.15) is 11.2 Å². The Morgan fingerprint density at radius 3 is 2.60 bits per heavy atom. The van der Waals surface area contributed by atoms with Crippen LogP contribution in [0, 0.1) is 5.82 Å². The van der Waals surface area contributed by atoms with Crippen molar-refractivity contribution in [1.29, 1.82) is 0 Å². The average molecular weight is 352 g/mol. The summed E-state index contributed by atoms with van der Waals surface area (Å²) in [6.45, 7) is 0. The fourth-order valence-corrected chi connectivity index (χ4v) is 4.10. The topological polar surface area (TPSA) is 20.3 Å². The molecule has 2 nitrogen and oxygen atoms in total. The maximum atomic E-state index is 14.0. The van der Waals surface area contributed by atoms with Gasteiger partial charge < -0.3 is 0 Å². The first-order valence-corrected chi connectivity index (χ1v) is 7.95. The number of hydrogen-bond acceptors (Lipinski definition) is 2. The highest BCUT2D eigenvalue weighted by Crippen LogP contribution is 2.44. The molecule has 1 saturated heterocycles. The Morgan fingerprint density at radius 2 is 1.85 bits per heavy atom. The van der Waals surface area contributed by atoms with Crippen LogP contribution in [-0.2, 0) is 4.79 Å². The average Bonchev–Trinajstić information content (AvgIpc) is 2.82. The van der Waals surface area contributed by atoms with Crippen LogP contribution in [0.15, 0.2) is 53.0 Å². The molecule has 0 aliphatic carbocycles. The third kappa shape index (κ3) is 2.36. The van der Waals surface area contributed by atoms with E-state index >= 15 is 0 Å². The normalized spacial score (nSPS) is 18.6. The fourth-order valence-electron chi connectivity index (χ4n) is 2.24. The maximum Gasteiger partial charge on any atom is 0.238 e. The maximum absolute atomic E-state index is 14.0. The summed E-state index contributed by atoms with van der Waals surface area (Å²) in [5.41, 5.74) is 1.31. The van der Waals surface area contributed by atoms with E-state index in [0.717, 1.165) is 10.0 Å². The molecule has 1 heterocycles. The van der Waals surface area contributed by atoms with Crippen molar-refractivity contribution in [1.82, 2.24) is 0 Å². The van der Waals surface area contributed by atoms with E-state index in [9.17, 15) is 9.18 Å². The number of para-hydroxylation sites is 1. The Balaban J connectivity index is 2.06. The van der Waals surface area contributed by atoms with E-state index < -0.39 is 0 Å². The molecule has 102 valence electrons. The van der Waals surface area contributed by atoms with E-state index in [4.69, 9.17) is 0 Å². The van der Waals surface area contributed by atoms with Crippen LogP contribution in [-0.4, -0.2) is 11.7 Å². The van der Waals surface area contributed by atoms with Gasteiger partial charge in [0.25, 0.3) is 0 Å². The zero-order valence-corrected chi connectivity index (χ0v) is 12.8. The van der Waals surface area contributed by atoms with E-state index in [2.05, 4.69) is 15.9 Å². The number of benzene rings is 2. The first-order chi connectivity index (χ1) is 9.68. The molecule has 2 aromatic carbocycles. The predicted octanol–water partition coefficient (Wildman–Crippen LogP) is 4.37. The summed E-state index contributed by atoms with van der Waals surface area (Å²) in [4.78, 5) is 13.7. The van der Waals surface area contributed by atoms with Crippen LogP contribution >= 0.6 is 27.7 Å². The predicted molar refractivity (Wildman–Crippen MR) is 83.2 cm³/mol. The summed E-state index contributed by atoms with van der Waals surface area (Å²) in [5, 5.41) is -0.199. The lowest BCUT2D eigenvalue weighted by Crippen LogP contribution is -2.28. The van der Waals surface area contributed by atoms with Crippen LogP contribution in [0.4, 0.5) is 10.1 Å². The van der Waals surface area contributed by atoms with Crippen molar-refractivity contribution in [3.05, 3.63) is 64.4 Å². The Labute approximate surface area is 129 Å². The second-order valence-electron chi connectivity index (χ2n) is 4.40. The molecule has 2 aromatic rings. The van der Waals surface area contributed by atoms with Crippen LogP contribution in [0.3, 0.4) is 0 Å². The number of rotatable bonds is 2. The number of thioether (sulfide) groups is 1. The summed E-state index contributed by atoms with van der Waals surface area (Å²) < 4.78 is 14.9. The van der Waals surface area contributed by atoms with Gasteiger partial charge in [-0.05, 0) is 23.8 Å². The number of anilines is 1. The van der Waals surface area contributed by atoms with Gasteiger partial charge in [-0.25, -0.2) is 4.39 Å². The van der Waals surface area contributed by atoms with Gasteiger partial charge in [-0.15, -0.1) is 11.8 Å². The summed E-state index contributed by atoms with van der Waals surface area (Å²) in [7, 11) is 0. The minimum absolute atomic E-state index is 0.0687. The van der Waals surface area contributed by atoms with Crippen LogP contribution in [0.1, 0.15) is 10.9 Å². The first-order valence-electron chi connectivity index (χ1n) is 6.11. The van der Waals surface area contributed by atoms with Crippen molar-refractivity contribution in [2.75, 3.05) is 10.7 Å². The quantitative estimate of drug-likeness (QED) is 0.800. The number of hydrogen-bond donors (Lipinski definition) is 0. The molecule has 0 aromatic heterocycles. The van der Waals surface area contributed by atoms with Gasteiger partial charge >= 0.3 is 0 Å². The molecule has 1 aliphatic heterocycles. The monoisotopic (exact) mass is 351 g/mol. The molecule has 3 rings (SSSR count). The summed E-state index contributed by atoms with van der Waals surface area (Å²) >= 11 is 5.01. The van der Waals surface area contributed by atoms with Gasteiger partial charge in [-0.1, -0.05) is 46.3 Å². The number of nitrogens with zero attached hydrogens (tertiary/aromatic N) is 1. The highest BCUT2D eigenvalue weighted by atomic mass is 79.9. The molecule has 1 atom stereocenters. The Hall–Kier alpha value is -1.33. The zero-order valence-electron chi connectivity index (χ0n) is 10.4. The van der Waals surface area contributed by atoms with Gasteiger partial charge in [0.2, 0.25) is 5.91 Å². The molecular formula is C15H11BrFNOS.